The highest BCUT2D eigenvalue weighted by Gasteiger charge is 2.06. The number of hydrogen-bond acceptors (Lipinski definition) is 3. The zero-order valence-electron chi connectivity index (χ0n) is 9.29. The minimum absolute atomic E-state index is 0.0163. The van der Waals surface area contributed by atoms with Crippen LogP contribution >= 0.6 is 27.3 Å². The molecule has 0 aliphatic carbocycles. The molecule has 0 spiro atoms. The van der Waals surface area contributed by atoms with E-state index in [9.17, 15) is 4.79 Å². The first-order valence-electron chi connectivity index (χ1n) is 5.34. The molecule has 1 aromatic heterocycles. The predicted octanol–water partition coefficient (Wildman–Crippen LogP) is 3.06. The Morgan fingerprint density at radius 1 is 1.56 bits per heavy atom. The van der Waals surface area contributed by atoms with Crippen LogP contribution in [0.1, 0.15) is 30.1 Å². The van der Waals surface area contributed by atoms with Crippen molar-refractivity contribution >= 4 is 33.2 Å². The molecule has 1 amide bonds. The zero-order chi connectivity index (χ0) is 11.8. The molecule has 0 fully saturated rings. The number of thiophene rings is 1. The monoisotopic (exact) mass is 305 g/mol. The molecule has 0 unspecified atom stereocenters. The first kappa shape index (κ1) is 13.7. The molecule has 1 rings (SSSR count). The summed E-state index contributed by atoms with van der Waals surface area (Å²) in [5.41, 5.74) is 0.714. The number of amides is 1. The molecule has 0 bridgehead atoms. The maximum atomic E-state index is 11.6. The lowest BCUT2D eigenvalue weighted by Crippen LogP contribution is -2.24. The van der Waals surface area contributed by atoms with E-state index in [1.54, 1.807) is 0 Å². The molecule has 5 heteroatoms. The van der Waals surface area contributed by atoms with E-state index in [1.165, 1.54) is 11.3 Å². The average molecular weight is 306 g/mol. The molecule has 90 valence electrons. The third-order valence-corrected chi connectivity index (χ3v) is 3.43. The molecule has 3 nitrogen and oxygen atoms in total. The van der Waals surface area contributed by atoms with E-state index in [1.807, 2.05) is 11.4 Å². The lowest BCUT2D eigenvalue weighted by Gasteiger charge is -2.04. The van der Waals surface area contributed by atoms with Crippen LogP contribution in [0.15, 0.2) is 15.2 Å². The fourth-order valence-electron chi connectivity index (χ4n) is 1.15. The van der Waals surface area contributed by atoms with Crippen molar-refractivity contribution < 1.29 is 9.53 Å². The normalized spacial score (nSPS) is 10.4. The Kier molecular flexibility index (Phi) is 6.68. The second-order valence-electron chi connectivity index (χ2n) is 3.36. The van der Waals surface area contributed by atoms with Crippen LogP contribution in [0, 0.1) is 0 Å². The van der Waals surface area contributed by atoms with Gasteiger partial charge < -0.3 is 10.1 Å². The summed E-state index contributed by atoms with van der Waals surface area (Å²) < 4.78 is 6.29. The molecule has 0 aliphatic rings. The van der Waals surface area contributed by atoms with Gasteiger partial charge in [-0.2, -0.15) is 0 Å². The number of halogens is 1. The summed E-state index contributed by atoms with van der Waals surface area (Å²) in [6.07, 6.45) is 1.90. The Bertz CT molecular complexity index is 328. The fourth-order valence-corrected chi connectivity index (χ4v) is 2.29. The summed E-state index contributed by atoms with van der Waals surface area (Å²) in [5.74, 6) is -0.0163. The van der Waals surface area contributed by atoms with Gasteiger partial charge in [-0.25, -0.2) is 0 Å². The van der Waals surface area contributed by atoms with E-state index in [-0.39, 0.29) is 5.91 Å². The van der Waals surface area contributed by atoms with Crippen LogP contribution in [0.3, 0.4) is 0 Å². The second-order valence-corrected chi connectivity index (χ2v) is 5.65. The van der Waals surface area contributed by atoms with Gasteiger partial charge in [0.05, 0.1) is 9.35 Å². The van der Waals surface area contributed by atoms with Crippen LogP contribution in [0.2, 0.25) is 0 Å². The minimum Gasteiger partial charge on any atom is -0.381 e. The largest absolute Gasteiger partial charge is 0.381 e. The molecule has 0 saturated heterocycles. The van der Waals surface area contributed by atoms with E-state index < -0.39 is 0 Å². The molecular formula is C11H16BrNO2S. The highest BCUT2D eigenvalue weighted by molar-refractivity contribution is 9.11. The standard InChI is InChI=1S/C11H16BrNO2S/c1-2-5-15-6-3-4-13-11(14)9-7-10(12)16-8-9/h7-8H,2-6H2,1H3,(H,13,14). The number of hydrogen-bond donors (Lipinski definition) is 1. The summed E-state index contributed by atoms with van der Waals surface area (Å²) in [4.78, 5) is 11.6. The topological polar surface area (TPSA) is 38.3 Å². The predicted molar refractivity (Wildman–Crippen MR) is 70.1 cm³/mol. The van der Waals surface area contributed by atoms with E-state index in [2.05, 4.69) is 28.2 Å². The summed E-state index contributed by atoms with van der Waals surface area (Å²) >= 11 is 4.84. The van der Waals surface area contributed by atoms with Crippen LogP contribution < -0.4 is 5.32 Å². The maximum absolute atomic E-state index is 11.6. The maximum Gasteiger partial charge on any atom is 0.252 e. The molecule has 0 saturated carbocycles. The SMILES string of the molecule is CCCOCCCNC(=O)c1csc(Br)c1. The van der Waals surface area contributed by atoms with Gasteiger partial charge in [0.2, 0.25) is 0 Å². The van der Waals surface area contributed by atoms with Crippen molar-refractivity contribution in [3.8, 4) is 0 Å². The van der Waals surface area contributed by atoms with Gasteiger partial charge in [0, 0.05) is 25.1 Å². The minimum atomic E-state index is -0.0163. The van der Waals surface area contributed by atoms with Gasteiger partial charge in [-0.05, 0) is 34.8 Å². The third-order valence-electron chi connectivity index (χ3n) is 1.93. The molecule has 0 aliphatic heterocycles. The van der Waals surface area contributed by atoms with Crippen molar-refractivity contribution in [2.45, 2.75) is 19.8 Å². The summed E-state index contributed by atoms with van der Waals surface area (Å²) in [6.45, 7) is 4.25. The summed E-state index contributed by atoms with van der Waals surface area (Å²) in [5, 5.41) is 4.70. The van der Waals surface area contributed by atoms with Gasteiger partial charge in [-0.3, -0.25) is 4.79 Å². The average Bonchev–Trinajstić information content (AvgIpc) is 2.70. The molecule has 1 heterocycles. The van der Waals surface area contributed by atoms with E-state index in [0.717, 1.165) is 23.2 Å². The van der Waals surface area contributed by atoms with Crippen molar-refractivity contribution in [1.29, 1.82) is 0 Å². The van der Waals surface area contributed by atoms with Crippen LogP contribution in [-0.4, -0.2) is 25.7 Å². The molecule has 0 aromatic carbocycles. The fraction of sp³-hybridized carbons (Fsp3) is 0.545. The Morgan fingerprint density at radius 3 is 3.00 bits per heavy atom. The van der Waals surface area contributed by atoms with Crippen LogP contribution in [0.25, 0.3) is 0 Å². The third kappa shape index (κ3) is 5.09. The quantitative estimate of drug-likeness (QED) is 0.786. The highest BCUT2D eigenvalue weighted by Crippen LogP contribution is 2.20. The van der Waals surface area contributed by atoms with Crippen molar-refractivity contribution in [2.24, 2.45) is 0 Å². The second kappa shape index (κ2) is 7.81. The van der Waals surface area contributed by atoms with Gasteiger partial charge in [0.25, 0.3) is 5.91 Å². The number of rotatable bonds is 7. The van der Waals surface area contributed by atoms with Crippen molar-refractivity contribution in [2.75, 3.05) is 19.8 Å². The van der Waals surface area contributed by atoms with Gasteiger partial charge in [-0.15, -0.1) is 11.3 Å². The number of carbonyl (C=O) groups excluding carboxylic acids is 1. The Morgan fingerprint density at radius 2 is 2.38 bits per heavy atom. The van der Waals surface area contributed by atoms with Crippen molar-refractivity contribution in [3.63, 3.8) is 0 Å². The number of ether oxygens (including phenoxy) is 1. The van der Waals surface area contributed by atoms with Gasteiger partial charge in [-0.1, -0.05) is 6.92 Å². The van der Waals surface area contributed by atoms with E-state index in [0.29, 0.717) is 18.7 Å². The molecule has 1 N–H and O–H groups in total. The Labute approximate surface area is 108 Å². The van der Waals surface area contributed by atoms with Gasteiger partial charge in [0.1, 0.15) is 0 Å². The molecule has 16 heavy (non-hydrogen) atoms. The van der Waals surface area contributed by atoms with E-state index in [4.69, 9.17) is 4.74 Å². The molecule has 0 radical (unpaired) electrons. The van der Waals surface area contributed by atoms with Crippen LogP contribution in [-0.2, 0) is 4.74 Å². The van der Waals surface area contributed by atoms with Crippen molar-refractivity contribution in [3.05, 3.63) is 20.8 Å². The first-order valence-corrected chi connectivity index (χ1v) is 7.01. The molecular weight excluding hydrogens is 290 g/mol. The van der Waals surface area contributed by atoms with Gasteiger partial charge in [0.15, 0.2) is 0 Å². The Hall–Kier alpha value is -0.390. The highest BCUT2D eigenvalue weighted by atomic mass is 79.9. The Balaban J connectivity index is 2.11. The van der Waals surface area contributed by atoms with E-state index >= 15 is 0 Å². The summed E-state index contributed by atoms with van der Waals surface area (Å²) in [7, 11) is 0. The van der Waals surface area contributed by atoms with Crippen LogP contribution in [0.4, 0.5) is 0 Å². The number of nitrogens with one attached hydrogen (secondary N) is 1. The van der Waals surface area contributed by atoms with Gasteiger partial charge >= 0.3 is 0 Å². The van der Waals surface area contributed by atoms with Crippen molar-refractivity contribution in [1.82, 2.24) is 5.32 Å². The molecule has 0 atom stereocenters. The lowest BCUT2D eigenvalue weighted by molar-refractivity contribution is 0.0942. The lowest BCUT2D eigenvalue weighted by atomic mass is 10.3. The first-order chi connectivity index (χ1) is 7.74. The van der Waals surface area contributed by atoms with Crippen LogP contribution in [0.5, 0.6) is 0 Å². The smallest absolute Gasteiger partial charge is 0.252 e. The molecule has 1 aromatic rings. The number of carbonyl (C=O) groups is 1. The summed E-state index contributed by atoms with van der Waals surface area (Å²) in [6, 6.07) is 1.83. The zero-order valence-corrected chi connectivity index (χ0v) is 11.7.